The van der Waals surface area contributed by atoms with Gasteiger partial charge in [-0.2, -0.15) is 0 Å². The van der Waals surface area contributed by atoms with Crippen molar-refractivity contribution < 1.29 is 5.21 Å². The number of hydrogen-bond acceptors (Lipinski definition) is 4. The number of nitrogens with two attached hydrogens (primary N) is 1. The molecule has 1 heterocycles. The van der Waals surface area contributed by atoms with Gasteiger partial charge in [0, 0.05) is 23.1 Å². The minimum absolute atomic E-state index is 0.274. The predicted molar refractivity (Wildman–Crippen MR) is 75.4 cm³/mol. The number of likely N-dealkylation sites (N-methyl/N-ethyl adjacent to an activating group) is 1. The maximum Gasteiger partial charge on any atom is 0.153 e. The van der Waals surface area contributed by atoms with E-state index in [4.69, 9.17) is 10.9 Å². The molecule has 4 nitrogen and oxygen atoms in total. The Bertz CT molecular complexity index is 436. The Labute approximate surface area is 112 Å². The highest BCUT2D eigenvalue weighted by molar-refractivity contribution is 7.99. The van der Waals surface area contributed by atoms with Gasteiger partial charge in [-0.05, 0) is 18.2 Å². The molecule has 0 aromatic heterocycles. The highest BCUT2D eigenvalue weighted by Gasteiger charge is 2.24. The standard InChI is InChI=1S/C13H19N3OS/c1-2-16(8-13(14)15-17)7-10-9-18-12-6-4-3-5-11(10)12/h3-6,10,17H,2,7-9H2,1H3,(H2,14,15). The van der Waals surface area contributed by atoms with E-state index in [9.17, 15) is 0 Å². The average Bonchev–Trinajstić information content (AvgIpc) is 2.81. The van der Waals surface area contributed by atoms with Crippen molar-refractivity contribution in [3.63, 3.8) is 0 Å². The molecular formula is C13H19N3OS. The lowest BCUT2D eigenvalue weighted by Gasteiger charge is -2.23. The monoisotopic (exact) mass is 265 g/mol. The van der Waals surface area contributed by atoms with E-state index < -0.39 is 0 Å². The van der Waals surface area contributed by atoms with Gasteiger partial charge in [-0.15, -0.1) is 11.8 Å². The molecule has 1 unspecified atom stereocenters. The molecule has 1 aromatic carbocycles. The normalized spacial score (nSPS) is 19.2. The van der Waals surface area contributed by atoms with Crippen molar-refractivity contribution in [3.05, 3.63) is 29.8 Å². The summed E-state index contributed by atoms with van der Waals surface area (Å²) < 4.78 is 0. The molecule has 5 heteroatoms. The number of oxime groups is 1. The zero-order valence-electron chi connectivity index (χ0n) is 10.5. The summed E-state index contributed by atoms with van der Waals surface area (Å²) in [5.74, 6) is 1.93. The molecule has 1 aromatic rings. The van der Waals surface area contributed by atoms with Crippen LogP contribution in [-0.4, -0.2) is 41.3 Å². The van der Waals surface area contributed by atoms with Crippen molar-refractivity contribution >= 4 is 17.6 Å². The van der Waals surface area contributed by atoms with Crippen LogP contribution in [0.15, 0.2) is 34.3 Å². The summed E-state index contributed by atoms with van der Waals surface area (Å²) in [6.07, 6.45) is 0. The maximum atomic E-state index is 8.63. The topological polar surface area (TPSA) is 61.8 Å². The first-order valence-corrected chi connectivity index (χ1v) is 7.13. The third-order valence-corrected chi connectivity index (χ3v) is 4.49. The summed E-state index contributed by atoms with van der Waals surface area (Å²) in [5, 5.41) is 11.7. The van der Waals surface area contributed by atoms with Crippen molar-refractivity contribution in [2.45, 2.75) is 17.7 Å². The molecule has 0 amide bonds. The molecule has 0 saturated carbocycles. The Morgan fingerprint density at radius 2 is 2.33 bits per heavy atom. The van der Waals surface area contributed by atoms with Gasteiger partial charge in [0.05, 0.1) is 6.54 Å². The number of rotatable bonds is 5. The first-order chi connectivity index (χ1) is 8.74. The minimum Gasteiger partial charge on any atom is -0.409 e. The molecule has 0 bridgehead atoms. The van der Waals surface area contributed by atoms with Crippen molar-refractivity contribution in [1.29, 1.82) is 0 Å². The lowest BCUT2D eigenvalue weighted by atomic mass is 10.0. The average molecular weight is 265 g/mol. The van der Waals surface area contributed by atoms with Gasteiger partial charge >= 0.3 is 0 Å². The Balaban J connectivity index is 2.01. The molecule has 1 aliphatic rings. The molecule has 0 aliphatic carbocycles. The van der Waals surface area contributed by atoms with Gasteiger partial charge in [-0.25, -0.2) is 0 Å². The van der Waals surface area contributed by atoms with E-state index in [0.29, 0.717) is 12.5 Å². The first kappa shape index (κ1) is 13.2. The lowest BCUT2D eigenvalue weighted by molar-refractivity contribution is 0.291. The number of nitrogens with zero attached hydrogens (tertiary/aromatic N) is 2. The highest BCUT2D eigenvalue weighted by atomic mass is 32.2. The minimum atomic E-state index is 0.274. The van der Waals surface area contributed by atoms with E-state index in [-0.39, 0.29) is 5.84 Å². The molecular weight excluding hydrogens is 246 g/mol. The van der Waals surface area contributed by atoms with Crippen molar-refractivity contribution in [2.75, 3.05) is 25.4 Å². The molecule has 1 aliphatic heterocycles. The lowest BCUT2D eigenvalue weighted by Crippen LogP contribution is -2.36. The highest BCUT2D eigenvalue weighted by Crippen LogP contribution is 2.39. The smallest absolute Gasteiger partial charge is 0.153 e. The predicted octanol–water partition coefficient (Wildman–Crippen LogP) is 1.94. The van der Waals surface area contributed by atoms with E-state index in [1.54, 1.807) is 0 Å². The zero-order chi connectivity index (χ0) is 13.0. The molecule has 0 saturated heterocycles. The number of amidine groups is 1. The second kappa shape index (κ2) is 6.11. The van der Waals surface area contributed by atoms with Crippen molar-refractivity contribution in [2.24, 2.45) is 10.9 Å². The Hall–Kier alpha value is -1.20. The second-order valence-corrected chi connectivity index (χ2v) is 5.53. The number of thioether (sulfide) groups is 1. The molecule has 2 rings (SSSR count). The van der Waals surface area contributed by atoms with E-state index in [1.807, 2.05) is 11.8 Å². The quantitative estimate of drug-likeness (QED) is 0.370. The molecule has 0 radical (unpaired) electrons. The van der Waals surface area contributed by atoms with Crippen LogP contribution in [0, 0.1) is 0 Å². The molecule has 0 spiro atoms. The zero-order valence-corrected chi connectivity index (χ0v) is 11.4. The third kappa shape index (κ3) is 2.97. The summed E-state index contributed by atoms with van der Waals surface area (Å²) in [6.45, 7) is 4.48. The van der Waals surface area contributed by atoms with Gasteiger partial charge in [0.15, 0.2) is 5.84 Å². The second-order valence-electron chi connectivity index (χ2n) is 4.46. The fourth-order valence-corrected chi connectivity index (χ4v) is 3.50. The SMILES string of the molecule is CCN(CC(N)=NO)CC1CSc2ccccc21. The van der Waals surface area contributed by atoms with Crippen molar-refractivity contribution in [3.8, 4) is 0 Å². The summed E-state index contributed by atoms with van der Waals surface area (Å²) in [5.41, 5.74) is 7.00. The maximum absolute atomic E-state index is 8.63. The molecule has 3 N–H and O–H groups in total. The fourth-order valence-electron chi connectivity index (χ4n) is 2.26. The largest absolute Gasteiger partial charge is 0.409 e. The van der Waals surface area contributed by atoms with Crippen LogP contribution in [0.25, 0.3) is 0 Å². The summed E-state index contributed by atoms with van der Waals surface area (Å²) in [7, 11) is 0. The van der Waals surface area contributed by atoms with Gasteiger partial charge in [-0.3, -0.25) is 4.90 Å². The van der Waals surface area contributed by atoms with Crippen LogP contribution in [-0.2, 0) is 0 Å². The Morgan fingerprint density at radius 3 is 3.06 bits per heavy atom. The summed E-state index contributed by atoms with van der Waals surface area (Å²) in [6, 6.07) is 8.57. The van der Waals surface area contributed by atoms with Crippen LogP contribution < -0.4 is 5.73 Å². The van der Waals surface area contributed by atoms with Crippen LogP contribution in [0.1, 0.15) is 18.4 Å². The summed E-state index contributed by atoms with van der Waals surface area (Å²) in [4.78, 5) is 3.60. The van der Waals surface area contributed by atoms with E-state index in [2.05, 4.69) is 41.2 Å². The molecule has 1 atom stereocenters. The van der Waals surface area contributed by atoms with Crippen molar-refractivity contribution in [1.82, 2.24) is 4.90 Å². The van der Waals surface area contributed by atoms with E-state index in [0.717, 1.165) is 18.8 Å². The van der Waals surface area contributed by atoms with Crippen LogP contribution >= 0.6 is 11.8 Å². The number of hydrogen-bond donors (Lipinski definition) is 2. The number of fused-ring (bicyclic) bond motifs is 1. The van der Waals surface area contributed by atoms with Crippen LogP contribution in [0.5, 0.6) is 0 Å². The summed E-state index contributed by atoms with van der Waals surface area (Å²) >= 11 is 1.92. The van der Waals surface area contributed by atoms with Crippen LogP contribution in [0.4, 0.5) is 0 Å². The Morgan fingerprint density at radius 1 is 1.56 bits per heavy atom. The molecule has 0 fully saturated rings. The van der Waals surface area contributed by atoms with Gasteiger partial charge in [0.1, 0.15) is 0 Å². The fraction of sp³-hybridized carbons (Fsp3) is 0.462. The molecule has 18 heavy (non-hydrogen) atoms. The van der Waals surface area contributed by atoms with Gasteiger partial charge < -0.3 is 10.9 Å². The van der Waals surface area contributed by atoms with Crippen LogP contribution in [0.2, 0.25) is 0 Å². The van der Waals surface area contributed by atoms with E-state index in [1.165, 1.54) is 10.5 Å². The van der Waals surface area contributed by atoms with Gasteiger partial charge in [0.2, 0.25) is 0 Å². The number of benzene rings is 1. The van der Waals surface area contributed by atoms with Gasteiger partial charge in [-0.1, -0.05) is 30.3 Å². The van der Waals surface area contributed by atoms with Crippen LogP contribution in [0.3, 0.4) is 0 Å². The van der Waals surface area contributed by atoms with E-state index >= 15 is 0 Å². The van der Waals surface area contributed by atoms with Gasteiger partial charge in [0.25, 0.3) is 0 Å². The third-order valence-electron chi connectivity index (χ3n) is 3.24. The Kier molecular flexibility index (Phi) is 4.49. The molecule has 98 valence electrons. The first-order valence-electron chi connectivity index (χ1n) is 6.15.